The van der Waals surface area contributed by atoms with Crippen molar-refractivity contribution < 1.29 is 9.59 Å². The summed E-state index contributed by atoms with van der Waals surface area (Å²) in [6.07, 6.45) is 0. The van der Waals surface area contributed by atoms with Gasteiger partial charge in [-0.3, -0.25) is 9.48 Å². The smallest absolute Gasteiger partial charge is 0.319 e. The van der Waals surface area contributed by atoms with Crippen LogP contribution in [0.15, 0.2) is 54.6 Å². The van der Waals surface area contributed by atoms with Gasteiger partial charge >= 0.3 is 6.03 Å². The Kier molecular flexibility index (Phi) is 7.07. The first kappa shape index (κ1) is 22.1. The van der Waals surface area contributed by atoms with Crippen molar-refractivity contribution in [3.63, 3.8) is 0 Å². The van der Waals surface area contributed by atoms with Gasteiger partial charge in [-0.15, -0.1) is 0 Å². The molecule has 1 heterocycles. The van der Waals surface area contributed by atoms with E-state index in [0.717, 1.165) is 17.0 Å². The van der Waals surface area contributed by atoms with Crippen LogP contribution in [0.5, 0.6) is 0 Å². The zero-order valence-electron chi connectivity index (χ0n) is 18.4. The van der Waals surface area contributed by atoms with E-state index in [1.54, 1.807) is 24.3 Å². The minimum absolute atomic E-state index is 0.0285. The molecule has 3 amide bonds. The fourth-order valence-electron chi connectivity index (χ4n) is 3.34. The van der Waals surface area contributed by atoms with Crippen LogP contribution in [0.25, 0.3) is 0 Å². The lowest BCUT2D eigenvalue weighted by Gasteiger charge is -2.11. The molecule has 0 aliphatic rings. The summed E-state index contributed by atoms with van der Waals surface area (Å²) in [6, 6.07) is 16.8. The van der Waals surface area contributed by atoms with E-state index in [2.05, 4.69) is 33.2 Å². The van der Waals surface area contributed by atoms with Gasteiger partial charge in [0.15, 0.2) is 0 Å². The Hall–Kier alpha value is -3.61. The van der Waals surface area contributed by atoms with Crippen LogP contribution in [0, 0.1) is 13.8 Å². The van der Waals surface area contributed by atoms with Crippen molar-refractivity contribution in [1.82, 2.24) is 20.4 Å². The standard InChI is InChI=1S/C24H29N5O2/c1-16(2)26-24(31)27-21-12-8-11-20(13-21)23(30)25-14-22-17(3)28-29(18(22)4)15-19-9-6-5-7-10-19/h5-13,16H,14-15H2,1-4H3,(H,25,30)(H2,26,27,31). The number of amides is 3. The Morgan fingerprint density at radius 2 is 1.77 bits per heavy atom. The van der Waals surface area contributed by atoms with E-state index in [-0.39, 0.29) is 18.0 Å². The summed E-state index contributed by atoms with van der Waals surface area (Å²) >= 11 is 0. The van der Waals surface area contributed by atoms with Crippen LogP contribution in [-0.4, -0.2) is 27.8 Å². The summed E-state index contributed by atoms with van der Waals surface area (Å²) in [5.74, 6) is -0.206. The van der Waals surface area contributed by atoms with Gasteiger partial charge in [0.05, 0.1) is 12.2 Å². The van der Waals surface area contributed by atoms with Crippen molar-refractivity contribution in [3.8, 4) is 0 Å². The predicted octanol–water partition coefficient (Wildman–Crippen LogP) is 4.01. The van der Waals surface area contributed by atoms with Crippen LogP contribution in [0.3, 0.4) is 0 Å². The number of aromatic nitrogens is 2. The first-order valence-corrected chi connectivity index (χ1v) is 10.4. The lowest BCUT2D eigenvalue weighted by atomic mass is 10.1. The van der Waals surface area contributed by atoms with Crippen molar-refractivity contribution in [2.24, 2.45) is 0 Å². The van der Waals surface area contributed by atoms with Crippen LogP contribution < -0.4 is 16.0 Å². The summed E-state index contributed by atoms with van der Waals surface area (Å²) in [6.45, 7) is 8.81. The van der Waals surface area contributed by atoms with Gasteiger partial charge in [0.2, 0.25) is 0 Å². The maximum absolute atomic E-state index is 12.7. The fourth-order valence-corrected chi connectivity index (χ4v) is 3.34. The maximum atomic E-state index is 12.7. The third kappa shape index (κ3) is 5.94. The maximum Gasteiger partial charge on any atom is 0.319 e. The largest absolute Gasteiger partial charge is 0.348 e. The van der Waals surface area contributed by atoms with E-state index in [4.69, 9.17) is 0 Å². The molecule has 1 aromatic heterocycles. The molecule has 0 atom stereocenters. The number of carbonyl (C=O) groups is 2. The number of carbonyl (C=O) groups excluding carboxylic acids is 2. The summed E-state index contributed by atoms with van der Waals surface area (Å²) < 4.78 is 1.96. The molecule has 0 spiro atoms. The van der Waals surface area contributed by atoms with E-state index < -0.39 is 0 Å². The summed E-state index contributed by atoms with van der Waals surface area (Å²) in [7, 11) is 0. The molecule has 0 fully saturated rings. The number of benzene rings is 2. The normalized spacial score (nSPS) is 10.7. The van der Waals surface area contributed by atoms with Crippen molar-refractivity contribution in [2.45, 2.75) is 46.8 Å². The molecule has 0 aliphatic carbocycles. The lowest BCUT2D eigenvalue weighted by Crippen LogP contribution is -2.34. The van der Waals surface area contributed by atoms with E-state index in [0.29, 0.717) is 24.3 Å². The number of aryl methyl sites for hydroxylation is 1. The summed E-state index contributed by atoms with van der Waals surface area (Å²) in [5.41, 5.74) is 5.16. The minimum atomic E-state index is -0.301. The van der Waals surface area contributed by atoms with Crippen LogP contribution in [0.2, 0.25) is 0 Å². The highest BCUT2D eigenvalue weighted by atomic mass is 16.2. The van der Waals surface area contributed by atoms with Gasteiger partial charge in [-0.25, -0.2) is 4.79 Å². The Bertz CT molecular complexity index is 1060. The van der Waals surface area contributed by atoms with Crippen molar-refractivity contribution in [1.29, 1.82) is 0 Å². The van der Waals surface area contributed by atoms with E-state index in [1.165, 1.54) is 5.56 Å². The van der Waals surface area contributed by atoms with Gasteiger partial charge < -0.3 is 16.0 Å². The van der Waals surface area contributed by atoms with Gasteiger partial charge in [0, 0.05) is 35.1 Å². The molecule has 3 aromatic rings. The van der Waals surface area contributed by atoms with Gasteiger partial charge in [-0.2, -0.15) is 5.10 Å². The molecule has 3 N–H and O–H groups in total. The number of anilines is 1. The van der Waals surface area contributed by atoms with Gasteiger partial charge in [-0.05, 0) is 51.5 Å². The SMILES string of the molecule is Cc1nn(Cc2ccccc2)c(C)c1CNC(=O)c1cccc(NC(=O)NC(C)C)c1. The second-order valence-electron chi connectivity index (χ2n) is 7.81. The second-order valence-corrected chi connectivity index (χ2v) is 7.81. The second kappa shape index (κ2) is 9.93. The minimum Gasteiger partial charge on any atom is -0.348 e. The molecule has 0 saturated carbocycles. The third-order valence-corrected chi connectivity index (χ3v) is 4.93. The Morgan fingerprint density at radius 3 is 2.48 bits per heavy atom. The van der Waals surface area contributed by atoms with E-state index in [1.807, 2.05) is 50.6 Å². The zero-order chi connectivity index (χ0) is 22.4. The zero-order valence-corrected chi connectivity index (χ0v) is 18.4. The molecule has 0 saturated heterocycles. The Balaban J connectivity index is 1.64. The molecule has 0 unspecified atom stereocenters. The van der Waals surface area contributed by atoms with Crippen LogP contribution >= 0.6 is 0 Å². The monoisotopic (exact) mass is 419 g/mol. The first-order chi connectivity index (χ1) is 14.8. The molecule has 0 radical (unpaired) electrons. The number of hydrogen-bond acceptors (Lipinski definition) is 3. The lowest BCUT2D eigenvalue weighted by molar-refractivity contribution is 0.0951. The van der Waals surface area contributed by atoms with Gasteiger partial charge in [0.25, 0.3) is 5.91 Å². The topological polar surface area (TPSA) is 88.1 Å². The number of rotatable bonds is 7. The average Bonchev–Trinajstić information content (AvgIpc) is 2.99. The molecule has 0 aliphatic heterocycles. The number of hydrogen-bond donors (Lipinski definition) is 3. The molecule has 7 nitrogen and oxygen atoms in total. The molecule has 162 valence electrons. The van der Waals surface area contributed by atoms with E-state index in [9.17, 15) is 9.59 Å². The van der Waals surface area contributed by atoms with Gasteiger partial charge in [-0.1, -0.05) is 36.4 Å². The first-order valence-electron chi connectivity index (χ1n) is 10.4. The highest BCUT2D eigenvalue weighted by molar-refractivity contribution is 5.96. The average molecular weight is 420 g/mol. The van der Waals surface area contributed by atoms with Crippen molar-refractivity contribution in [3.05, 3.63) is 82.7 Å². The van der Waals surface area contributed by atoms with E-state index >= 15 is 0 Å². The van der Waals surface area contributed by atoms with Crippen molar-refractivity contribution >= 4 is 17.6 Å². The molecule has 7 heteroatoms. The summed E-state index contributed by atoms with van der Waals surface area (Å²) in [4.78, 5) is 24.6. The molecular weight excluding hydrogens is 390 g/mol. The highest BCUT2D eigenvalue weighted by Gasteiger charge is 2.14. The van der Waals surface area contributed by atoms with Crippen LogP contribution in [-0.2, 0) is 13.1 Å². The molecule has 0 bridgehead atoms. The van der Waals surface area contributed by atoms with Gasteiger partial charge in [0.1, 0.15) is 0 Å². The predicted molar refractivity (Wildman–Crippen MR) is 122 cm³/mol. The highest BCUT2D eigenvalue weighted by Crippen LogP contribution is 2.16. The fraction of sp³-hybridized carbons (Fsp3) is 0.292. The quantitative estimate of drug-likeness (QED) is 0.541. The third-order valence-electron chi connectivity index (χ3n) is 4.93. The molecular formula is C24H29N5O2. The molecule has 2 aromatic carbocycles. The van der Waals surface area contributed by atoms with Crippen LogP contribution in [0.4, 0.5) is 10.5 Å². The number of nitrogens with one attached hydrogen (secondary N) is 3. The Labute approximate surface area is 182 Å². The Morgan fingerprint density at radius 1 is 1.03 bits per heavy atom. The van der Waals surface area contributed by atoms with Crippen LogP contribution in [0.1, 0.15) is 46.7 Å². The number of nitrogens with zero attached hydrogens (tertiary/aromatic N) is 2. The summed E-state index contributed by atoms with van der Waals surface area (Å²) in [5, 5.41) is 13.1. The molecule has 31 heavy (non-hydrogen) atoms. The van der Waals surface area contributed by atoms with Crippen molar-refractivity contribution in [2.75, 3.05) is 5.32 Å². The number of urea groups is 1. The molecule has 3 rings (SSSR count).